The molecule has 0 radical (unpaired) electrons. The van der Waals surface area contributed by atoms with Crippen LogP contribution in [-0.4, -0.2) is 38.2 Å². The number of aliphatic hydroxyl groups is 2. The number of aryl methyl sites for hydroxylation is 2. The molecule has 1 fully saturated rings. The summed E-state index contributed by atoms with van der Waals surface area (Å²) in [7, 11) is 0. The molecule has 0 bridgehead atoms. The average molecular weight is 405 g/mol. The van der Waals surface area contributed by atoms with Gasteiger partial charge in [-0.3, -0.25) is 13.9 Å². The molecule has 1 aromatic carbocycles. The number of aromatic nitrogens is 2. The summed E-state index contributed by atoms with van der Waals surface area (Å²) in [4.78, 5) is 25.3. The molecule has 0 aliphatic carbocycles. The fourth-order valence-corrected chi connectivity index (χ4v) is 3.61. The molecule has 1 aliphatic heterocycles. The molecule has 3 rings (SSSR count). The smallest absolute Gasteiger partial charge is 0.333 e. The van der Waals surface area contributed by atoms with Gasteiger partial charge in [0.15, 0.2) is 0 Å². The maximum atomic E-state index is 12.8. The molecule has 2 aromatic rings. The van der Waals surface area contributed by atoms with Gasteiger partial charge in [-0.15, -0.1) is 0 Å². The predicted octanol–water partition coefficient (Wildman–Crippen LogP) is 1.45. The van der Waals surface area contributed by atoms with E-state index in [0.29, 0.717) is 17.5 Å². The molecule has 7 nitrogen and oxygen atoms in total. The van der Waals surface area contributed by atoms with E-state index < -0.39 is 30.8 Å². The van der Waals surface area contributed by atoms with Gasteiger partial charge in [0.1, 0.15) is 19.0 Å². The first-order valence-electron chi connectivity index (χ1n) is 9.85. The molecule has 0 saturated carbocycles. The molecule has 1 aromatic heterocycles. The Balaban J connectivity index is 1.68. The predicted molar refractivity (Wildman–Crippen MR) is 106 cm³/mol. The van der Waals surface area contributed by atoms with Crippen LogP contribution in [0.3, 0.4) is 0 Å². The second-order valence-corrected chi connectivity index (χ2v) is 7.48. The lowest BCUT2D eigenvalue weighted by atomic mass is 10.1. The number of halogens is 1. The SMILES string of the molecule is Cc1cn([C@H]2C[C@H](O)[C@@H](CO)O2)c(=O)n(CCCCc2ccc(C[18F])cc2)c1=O. The largest absolute Gasteiger partial charge is 0.394 e. The summed E-state index contributed by atoms with van der Waals surface area (Å²) in [5.41, 5.74) is 1.32. The molecule has 3 atom stereocenters. The van der Waals surface area contributed by atoms with Crippen molar-refractivity contribution < 1.29 is 19.3 Å². The Labute approximate surface area is 168 Å². The molecular formula is C21H27FN2O5. The van der Waals surface area contributed by atoms with E-state index in [-0.39, 0.29) is 25.1 Å². The van der Waals surface area contributed by atoms with E-state index in [1.165, 1.54) is 15.3 Å². The summed E-state index contributed by atoms with van der Waals surface area (Å²) in [6.45, 7) is 1.09. The van der Waals surface area contributed by atoms with E-state index in [1.807, 2.05) is 12.1 Å². The lowest BCUT2D eigenvalue weighted by Gasteiger charge is -2.17. The lowest BCUT2D eigenvalue weighted by Crippen LogP contribution is -2.42. The van der Waals surface area contributed by atoms with Crippen molar-refractivity contribution in [1.82, 2.24) is 9.13 Å². The fraction of sp³-hybridized carbons (Fsp3) is 0.524. The van der Waals surface area contributed by atoms with Gasteiger partial charge in [-0.2, -0.15) is 0 Å². The number of ether oxygens (including phenoxy) is 1. The van der Waals surface area contributed by atoms with Crippen molar-refractivity contribution in [2.75, 3.05) is 6.61 Å². The first-order valence-corrected chi connectivity index (χ1v) is 9.85. The number of aliphatic hydroxyl groups excluding tert-OH is 2. The summed E-state index contributed by atoms with van der Waals surface area (Å²) >= 11 is 0. The summed E-state index contributed by atoms with van der Waals surface area (Å²) in [6, 6.07) is 7.30. The highest BCUT2D eigenvalue weighted by Gasteiger charge is 2.35. The van der Waals surface area contributed by atoms with E-state index in [9.17, 15) is 24.2 Å². The quantitative estimate of drug-likeness (QED) is 0.649. The zero-order valence-electron chi connectivity index (χ0n) is 16.5. The number of hydrogen-bond donors (Lipinski definition) is 2. The van der Waals surface area contributed by atoms with Crippen molar-refractivity contribution in [2.24, 2.45) is 0 Å². The number of hydrogen-bond acceptors (Lipinski definition) is 5. The monoisotopic (exact) mass is 405 g/mol. The average Bonchev–Trinajstić information content (AvgIpc) is 3.11. The number of rotatable bonds is 8. The maximum absolute atomic E-state index is 12.8. The Kier molecular flexibility index (Phi) is 7.00. The maximum Gasteiger partial charge on any atom is 0.333 e. The zero-order chi connectivity index (χ0) is 21.0. The van der Waals surface area contributed by atoms with Crippen molar-refractivity contribution >= 4 is 0 Å². The van der Waals surface area contributed by atoms with Gasteiger partial charge in [0.25, 0.3) is 5.56 Å². The van der Waals surface area contributed by atoms with Gasteiger partial charge in [-0.05, 0) is 37.3 Å². The molecule has 29 heavy (non-hydrogen) atoms. The van der Waals surface area contributed by atoms with Crippen LogP contribution in [0.25, 0.3) is 0 Å². The van der Waals surface area contributed by atoms with Gasteiger partial charge in [0.05, 0.1) is 12.7 Å². The normalized spacial score (nSPS) is 21.6. The van der Waals surface area contributed by atoms with Crippen LogP contribution in [0.1, 0.15) is 42.2 Å². The number of benzene rings is 1. The van der Waals surface area contributed by atoms with Crippen molar-refractivity contribution in [3.8, 4) is 0 Å². The van der Waals surface area contributed by atoms with Crippen molar-refractivity contribution in [3.05, 3.63) is 68.0 Å². The molecule has 0 amide bonds. The van der Waals surface area contributed by atoms with E-state index >= 15 is 0 Å². The summed E-state index contributed by atoms with van der Waals surface area (Å²) in [5, 5.41) is 19.2. The summed E-state index contributed by atoms with van der Waals surface area (Å²) in [5.74, 6) is 0. The number of unbranched alkanes of at least 4 members (excludes halogenated alkanes) is 1. The topological polar surface area (TPSA) is 93.7 Å². The van der Waals surface area contributed by atoms with Gasteiger partial charge in [-0.25, -0.2) is 9.18 Å². The van der Waals surface area contributed by atoms with Gasteiger partial charge < -0.3 is 14.9 Å². The first-order chi connectivity index (χ1) is 13.9. The second-order valence-electron chi connectivity index (χ2n) is 7.48. The fourth-order valence-electron chi connectivity index (χ4n) is 3.61. The Hall–Kier alpha value is -2.29. The molecule has 1 aliphatic rings. The molecule has 2 heterocycles. The zero-order valence-corrected chi connectivity index (χ0v) is 16.5. The molecule has 158 valence electrons. The minimum Gasteiger partial charge on any atom is -0.394 e. The molecule has 8 heteroatoms. The summed E-state index contributed by atoms with van der Waals surface area (Å²) < 4.78 is 20.7. The Morgan fingerprint density at radius 2 is 1.86 bits per heavy atom. The van der Waals surface area contributed by atoms with Gasteiger partial charge >= 0.3 is 5.69 Å². The van der Waals surface area contributed by atoms with Crippen LogP contribution in [0, 0.1) is 6.92 Å². The first kappa shape index (κ1) is 21.4. The Bertz CT molecular complexity index is 938. The van der Waals surface area contributed by atoms with Crippen LogP contribution < -0.4 is 11.2 Å². The van der Waals surface area contributed by atoms with Crippen LogP contribution in [0.15, 0.2) is 40.1 Å². The van der Waals surface area contributed by atoms with E-state index in [4.69, 9.17) is 4.74 Å². The van der Waals surface area contributed by atoms with Crippen molar-refractivity contribution in [3.63, 3.8) is 0 Å². The third-order valence-electron chi connectivity index (χ3n) is 5.34. The third-order valence-corrected chi connectivity index (χ3v) is 5.34. The highest BCUT2D eigenvalue weighted by atomic mass is 18.2. The van der Waals surface area contributed by atoms with Crippen LogP contribution >= 0.6 is 0 Å². The van der Waals surface area contributed by atoms with Crippen LogP contribution in [0.4, 0.5) is 4.39 Å². The van der Waals surface area contributed by atoms with E-state index in [2.05, 4.69) is 0 Å². The van der Waals surface area contributed by atoms with Crippen LogP contribution in [0.5, 0.6) is 0 Å². The van der Waals surface area contributed by atoms with Crippen LogP contribution in [0.2, 0.25) is 0 Å². The number of alkyl halides is 1. The Morgan fingerprint density at radius 3 is 2.48 bits per heavy atom. The van der Waals surface area contributed by atoms with Gasteiger partial charge in [0.2, 0.25) is 0 Å². The molecule has 0 unspecified atom stereocenters. The molecule has 2 N–H and O–H groups in total. The second kappa shape index (κ2) is 9.47. The van der Waals surface area contributed by atoms with Crippen molar-refractivity contribution in [2.45, 2.75) is 64.3 Å². The standard InChI is InChI=1S/C21H27FN2O5/c1-14-12-24(19-10-17(26)18(13-25)29-19)21(28)23(20(14)27)9-3-2-4-15-5-7-16(11-22)8-6-15/h5-8,12,17-19,25-26H,2-4,9-11,13H2,1H3/t17-,18+,19+/m0/s1/i22-1. The van der Waals surface area contributed by atoms with E-state index in [1.54, 1.807) is 19.1 Å². The minimum absolute atomic E-state index is 0.178. The summed E-state index contributed by atoms with van der Waals surface area (Å²) in [6.07, 6.45) is 1.50. The molecule has 0 spiro atoms. The number of nitrogens with zero attached hydrogens (tertiary/aromatic N) is 2. The molecular weight excluding hydrogens is 378 g/mol. The highest BCUT2D eigenvalue weighted by molar-refractivity contribution is 5.22. The van der Waals surface area contributed by atoms with Gasteiger partial charge in [-0.1, -0.05) is 24.3 Å². The van der Waals surface area contributed by atoms with Gasteiger partial charge in [0, 0.05) is 24.7 Å². The lowest BCUT2D eigenvalue weighted by molar-refractivity contribution is -0.0464. The van der Waals surface area contributed by atoms with E-state index in [0.717, 1.165) is 18.4 Å². The highest BCUT2D eigenvalue weighted by Crippen LogP contribution is 2.27. The van der Waals surface area contributed by atoms with Crippen molar-refractivity contribution in [1.29, 1.82) is 0 Å². The Morgan fingerprint density at radius 1 is 1.17 bits per heavy atom. The van der Waals surface area contributed by atoms with Crippen LogP contribution in [-0.2, 0) is 24.4 Å². The minimum atomic E-state index is -0.860. The molecule has 1 saturated heterocycles. The third kappa shape index (κ3) is 4.83.